The second kappa shape index (κ2) is 62.6. The molecular formula is C68H122O6. The third kappa shape index (κ3) is 60.0. The van der Waals surface area contributed by atoms with Gasteiger partial charge in [-0.05, 0) is 109 Å². The van der Waals surface area contributed by atoms with Crippen LogP contribution in [-0.4, -0.2) is 37.2 Å². The molecule has 0 heterocycles. The Morgan fingerprint density at radius 3 is 0.797 bits per heavy atom. The topological polar surface area (TPSA) is 78.9 Å². The maximum Gasteiger partial charge on any atom is 0.306 e. The molecule has 0 aromatic carbocycles. The lowest BCUT2D eigenvalue weighted by molar-refractivity contribution is -0.167. The van der Waals surface area contributed by atoms with Crippen LogP contribution in [0.3, 0.4) is 0 Å². The van der Waals surface area contributed by atoms with Crippen molar-refractivity contribution in [1.29, 1.82) is 0 Å². The highest BCUT2D eigenvalue weighted by molar-refractivity contribution is 5.71. The highest BCUT2D eigenvalue weighted by Crippen LogP contribution is 2.16. The molecule has 0 rings (SSSR count). The first kappa shape index (κ1) is 71.1. The minimum Gasteiger partial charge on any atom is -0.462 e. The zero-order chi connectivity index (χ0) is 53.6. The van der Waals surface area contributed by atoms with E-state index in [2.05, 4.69) is 81.5 Å². The number of carbonyl (C=O) groups is 3. The molecule has 0 radical (unpaired) electrons. The van der Waals surface area contributed by atoms with Crippen molar-refractivity contribution in [3.05, 3.63) is 60.8 Å². The molecule has 0 bridgehead atoms. The molecule has 1 unspecified atom stereocenters. The molecule has 6 heteroatoms. The van der Waals surface area contributed by atoms with Crippen LogP contribution < -0.4 is 0 Å². The van der Waals surface area contributed by atoms with E-state index in [0.717, 1.165) is 103 Å². The van der Waals surface area contributed by atoms with Crippen LogP contribution >= 0.6 is 0 Å². The molecule has 0 amide bonds. The first-order chi connectivity index (χ1) is 36.5. The van der Waals surface area contributed by atoms with E-state index in [1.54, 1.807) is 0 Å². The second-order valence-electron chi connectivity index (χ2n) is 21.7. The molecule has 1 atom stereocenters. The van der Waals surface area contributed by atoms with E-state index in [4.69, 9.17) is 14.2 Å². The first-order valence-electron chi connectivity index (χ1n) is 32.3. The van der Waals surface area contributed by atoms with E-state index in [9.17, 15) is 14.4 Å². The van der Waals surface area contributed by atoms with Gasteiger partial charge in [0, 0.05) is 19.3 Å². The van der Waals surface area contributed by atoms with Gasteiger partial charge in [-0.1, -0.05) is 268 Å². The molecule has 0 aromatic rings. The summed E-state index contributed by atoms with van der Waals surface area (Å²) in [5, 5.41) is 0. The number of allylic oxidation sites excluding steroid dienone is 10. The molecule has 0 aliphatic heterocycles. The lowest BCUT2D eigenvalue weighted by atomic mass is 10.0. The summed E-state index contributed by atoms with van der Waals surface area (Å²) in [7, 11) is 0. The average molecular weight is 1040 g/mol. The summed E-state index contributed by atoms with van der Waals surface area (Å²) >= 11 is 0. The minimum absolute atomic E-state index is 0.0827. The molecule has 0 aliphatic rings. The van der Waals surface area contributed by atoms with E-state index >= 15 is 0 Å². The number of carbonyl (C=O) groups excluding carboxylic acids is 3. The zero-order valence-electron chi connectivity index (χ0n) is 49.4. The van der Waals surface area contributed by atoms with Crippen LogP contribution in [0.15, 0.2) is 60.8 Å². The lowest BCUT2D eigenvalue weighted by Gasteiger charge is -2.18. The molecular weight excluding hydrogens is 913 g/mol. The fraction of sp³-hybridized carbons (Fsp3) is 0.809. The Balaban J connectivity index is 4.30. The molecule has 0 aromatic heterocycles. The van der Waals surface area contributed by atoms with E-state index < -0.39 is 6.10 Å². The number of hydrogen-bond donors (Lipinski definition) is 0. The van der Waals surface area contributed by atoms with Gasteiger partial charge in [0.25, 0.3) is 0 Å². The highest BCUT2D eigenvalue weighted by Gasteiger charge is 2.19. The van der Waals surface area contributed by atoms with Crippen molar-refractivity contribution in [3.8, 4) is 0 Å². The lowest BCUT2D eigenvalue weighted by Crippen LogP contribution is -2.30. The molecule has 0 N–H and O–H groups in total. The van der Waals surface area contributed by atoms with E-state index in [1.807, 2.05) is 0 Å². The van der Waals surface area contributed by atoms with Crippen molar-refractivity contribution in [1.82, 2.24) is 0 Å². The van der Waals surface area contributed by atoms with E-state index in [0.29, 0.717) is 19.3 Å². The van der Waals surface area contributed by atoms with E-state index in [-0.39, 0.29) is 31.1 Å². The Bertz CT molecular complexity index is 1330. The molecule has 0 fully saturated rings. The minimum atomic E-state index is -0.788. The van der Waals surface area contributed by atoms with Gasteiger partial charge in [-0.25, -0.2) is 0 Å². The quantitative estimate of drug-likeness (QED) is 0.0261. The zero-order valence-corrected chi connectivity index (χ0v) is 49.4. The molecule has 0 spiro atoms. The summed E-state index contributed by atoms with van der Waals surface area (Å²) < 4.78 is 16.9. The first-order valence-corrected chi connectivity index (χ1v) is 32.3. The standard InChI is InChI=1S/C68H122O6/c1-4-7-10-13-16-19-22-25-28-30-31-32-33-34-35-36-37-38-41-43-46-49-52-55-58-61-67(70)73-64-65(63-72-66(69)60-57-54-51-48-45-42-39-27-24-21-18-15-12-9-6-3)74-68(71)62-59-56-53-50-47-44-40-29-26-23-20-17-14-11-8-5-2/h18,20-21,23,27,29-31,39-40,65H,4-17,19,22,24-26,28,32-38,41-64H2,1-3H3/b21-18-,23-20-,31-30-,39-27-,40-29-. The van der Waals surface area contributed by atoms with Crippen LogP contribution in [0.5, 0.6) is 0 Å². The van der Waals surface area contributed by atoms with Crippen molar-refractivity contribution >= 4 is 17.9 Å². The van der Waals surface area contributed by atoms with Gasteiger partial charge in [-0.15, -0.1) is 0 Å². The Labute approximate surface area is 460 Å². The van der Waals surface area contributed by atoms with Crippen LogP contribution in [0.2, 0.25) is 0 Å². The summed E-state index contributed by atoms with van der Waals surface area (Å²) in [5.41, 5.74) is 0. The van der Waals surface area contributed by atoms with Crippen molar-refractivity contribution in [2.75, 3.05) is 13.2 Å². The number of unbranched alkanes of at least 4 members (excludes halogenated alkanes) is 38. The van der Waals surface area contributed by atoms with Gasteiger partial charge in [0.1, 0.15) is 13.2 Å². The summed E-state index contributed by atoms with van der Waals surface area (Å²) in [5.74, 6) is -0.895. The van der Waals surface area contributed by atoms with Crippen LogP contribution in [0.1, 0.15) is 335 Å². The van der Waals surface area contributed by atoms with Crippen LogP contribution in [0.4, 0.5) is 0 Å². The molecule has 0 aliphatic carbocycles. The molecule has 74 heavy (non-hydrogen) atoms. The number of esters is 3. The fourth-order valence-corrected chi connectivity index (χ4v) is 9.32. The van der Waals surface area contributed by atoms with Crippen LogP contribution in [0, 0.1) is 0 Å². The molecule has 430 valence electrons. The van der Waals surface area contributed by atoms with E-state index in [1.165, 1.54) is 193 Å². The SMILES string of the molecule is CCCCC/C=C\C/C=C\CCCCCCCC(=O)OCC(COC(=O)CCCCCCCCCCCCCCC/C=C\CCCCCCCCCC)OC(=O)CCCCCCC/C=C\C/C=C\CCCCCC. The monoisotopic (exact) mass is 1030 g/mol. The summed E-state index contributed by atoms with van der Waals surface area (Å²) in [6.07, 6.45) is 79.4. The number of ether oxygens (including phenoxy) is 3. The van der Waals surface area contributed by atoms with Crippen molar-refractivity contribution in [2.24, 2.45) is 0 Å². The Morgan fingerprint density at radius 2 is 0.486 bits per heavy atom. The third-order valence-corrected chi connectivity index (χ3v) is 14.2. The number of rotatable bonds is 59. The highest BCUT2D eigenvalue weighted by atomic mass is 16.6. The summed E-state index contributed by atoms with van der Waals surface area (Å²) in [4.78, 5) is 38.3. The fourth-order valence-electron chi connectivity index (χ4n) is 9.32. The normalized spacial score (nSPS) is 12.4. The maximum absolute atomic E-state index is 12.9. The Hall–Kier alpha value is -2.89. The maximum atomic E-state index is 12.9. The Morgan fingerprint density at radius 1 is 0.270 bits per heavy atom. The largest absolute Gasteiger partial charge is 0.462 e. The van der Waals surface area contributed by atoms with Gasteiger partial charge >= 0.3 is 17.9 Å². The van der Waals surface area contributed by atoms with Gasteiger partial charge in [-0.2, -0.15) is 0 Å². The summed E-state index contributed by atoms with van der Waals surface area (Å²) in [6.45, 7) is 6.61. The number of hydrogen-bond acceptors (Lipinski definition) is 6. The van der Waals surface area contributed by atoms with Crippen molar-refractivity contribution in [2.45, 2.75) is 341 Å². The smallest absolute Gasteiger partial charge is 0.306 e. The molecule has 6 nitrogen and oxygen atoms in total. The summed E-state index contributed by atoms with van der Waals surface area (Å²) in [6, 6.07) is 0. The average Bonchev–Trinajstić information content (AvgIpc) is 3.40. The van der Waals surface area contributed by atoms with Crippen molar-refractivity contribution < 1.29 is 28.6 Å². The van der Waals surface area contributed by atoms with Gasteiger partial charge in [0.15, 0.2) is 6.10 Å². The third-order valence-electron chi connectivity index (χ3n) is 14.2. The molecule has 0 saturated heterocycles. The Kier molecular flexibility index (Phi) is 60.2. The van der Waals surface area contributed by atoms with Crippen LogP contribution in [-0.2, 0) is 28.6 Å². The van der Waals surface area contributed by atoms with Gasteiger partial charge in [0.05, 0.1) is 0 Å². The van der Waals surface area contributed by atoms with Gasteiger partial charge in [0.2, 0.25) is 0 Å². The van der Waals surface area contributed by atoms with Crippen molar-refractivity contribution in [3.63, 3.8) is 0 Å². The van der Waals surface area contributed by atoms with Crippen LogP contribution in [0.25, 0.3) is 0 Å². The van der Waals surface area contributed by atoms with Gasteiger partial charge in [-0.3, -0.25) is 14.4 Å². The van der Waals surface area contributed by atoms with Gasteiger partial charge < -0.3 is 14.2 Å². The second-order valence-corrected chi connectivity index (χ2v) is 21.7. The molecule has 0 saturated carbocycles. The predicted molar refractivity (Wildman–Crippen MR) is 321 cm³/mol. The predicted octanol–water partition coefficient (Wildman–Crippen LogP) is 21.9.